The van der Waals surface area contributed by atoms with Crippen molar-refractivity contribution < 1.29 is 14.5 Å². The minimum Gasteiger partial charge on any atom is -0.507 e. The number of hydrogen-bond donors (Lipinski definition) is 1. The molecule has 0 atom stereocenters. The van der Waals surface area contributed by atoms with E-state index in [9.17, 15) is 5.11 Å². The van der Waals surface area contributed by atoms with Gasteiger partial charge in [-0.25, -0.2) is 4.98 Å². The lowest BCUT2D eigenvalue weighted by atomic mass is 10.1. The monoisotopic (exact) mass is 331 g/mol. The Balaban J connectivity index is 1.62. The number of aromatic nitrogens is 1. The number of hydrogen-bond acceptors (Lipinski definition) is 3. The van der Waals surface area contributed by atoms with Gasteiger partial charge in [-0.2, -0.15) is 0 Å². The Morgan fingerprint density at radius 1 is 0.960 bits per heavy atom. The highest BCUT2D eigenvalue weighted by Crippen LogP contribution is 2.35. The van der Waals surface area contributed by atoms with E-state index < -0.39 is 0 Å². The number of aromatic hydroxyl groups is 1. The zero-order valence-corrected chi connectivity index (χ0v) is 13.8. The fourth-order valence-electron chi connectivity index (χ4n) is 3.70. The van der Waals surface area contributed by atoms with Gasteiger partial charge in [-0.15, -0.1) is 0 Å². The van der Waals surface area contributed by atoms with Crippen LogP contribution in [0.2, 0.25) is 0 Å². The molecule has 0 amide bonds. The second-order valence-electron chi connectivity index (χ2n) is 6.62. The van der Waals surface area contributed by atoms with Gasteiger partial charge in [-0.1, -0.05) is 0 Å². The second kappa shape index (κ2) is 5.52. The molecule has 0 radical (unpaired) electrons. The molecule has 25 heavy (non-hydrogen) atoms. The third-order valence-corrected chi connectivity index (χ3v) is 5.06. The molecule has 4 nitrogen and oxygen atoms in total. The molecule has 1 aliphatic rings. The molecule has 1 aliphatic heterocycles. The Morgan fingerprint density at radius 3 is 2.56 bits per heavy atom. The van der Waals surface area contributed by atoms with Crippen molar-refractivity contribution in [2.45, 2.75) is 12.8 Å². The van der Waals surface area contributed by atoms with Crippen molar-refractivity contribution in [3.63, 3.8) is 0 Å². The van der Waals surface area contributed by atoms with Crippen molar-refractivity contribution in [1.29, 1.82) is 0 Å². The summed E-state index contributed by atoms with van der Waals surface area (Å²) in [5, 5.41) is 12.2. The van der Waals surface area contributed by atoms with Crippen LogP contribution in [0.4, 0.5) is 5.69 Å². The van der Waals surface area contributed by atoms with Gasteiger partial charge in [0.25, 0.3) is 5.52 Å². The smallest absolute Gasteiger partial charge is 0.254 e. The molecule has 124 valence electrons. The quantitative estimate of drug-likeness (QED) is 0.593. The molecule has 0 aliphatic carbocycles. The highest BCUT2D eigenvalue weighted by Gasteiger charge is 2.16. The maximum Gasteiger partial charge on any atom is 0.254 e. The summed E-state index contributed by atoms with van der Waals surface area (Å²) in [4.78, 5) is 5.61. The summed E-state index contributed by atoms with van der Waals surface area (Å²) < 4.78 is 6.16. The molecule has 2 aromatic heterocycles. The third kappa shape index (κ3) is 2.33. The van der Waals surface area contributed by atoms with Crippen molar-refractivity contribution in [2.75, 3.05) is 18.0 Å². The Morgan fingerprint density at radius 2 is 1.76 bits per heavy atom. The highest BCUT2D eigenvalue weighted by molar-refractivity contribution is 6.02. The molecule has 2 aromatic carbocycles. The molecule has 1 saturated heterocycles. The fraction of sp³-hybridized carbons (Fsp3) is 0.190. The van der Waals surface area contributed by atoms with E-state index in [1.54, 1.807) is 6.07 Å². The van der Waals surface area contributed by atoms with E-state index >= 15 is 0 Å². The largest absolute Gasteiger partial charge is 0.507 e. The molecule has 0 unspecified atom stereocenters. The molecule has 2 N–H and O–H groups in total. The maximum atomic E-state index is 10.5. The summed E-state index contributed by atoms with van der Waals surface area (Å²) in [6, 6.07) is 16.0. The number of aromatic amines is 1. The van der Waals surface area contributed by atoms with Crippen LogP contribution in [0.5, 0.6) is 5.75 Å². The first-order chi connectivity index (χ1) is 12.3. The molecule has 3 heterocycles. The fourth-order valence-corrected chi connectivity index (χ4v) is 3.70. The van der Waals surface area contributed by atoms with Gasteiger partial charge < -0.3 is 14.4 Å². The van der Waals surface area contributed by atoms with Crippen molar-refractivity contribution in [2.24, 2.45) is 0 Å². The van der Waals surface area contributed by atoms with E-state index in [0.29, 0.717) is 16.7 Å². The van der Waals surface area contributed by atoms with Gasteiger partial charge in [-0.05, 0) is 49.2 Å². The van der Waals surface area contributed by atoms with Gasteiger partial charge in [-0.3, -0.25) is 0 Å². The molecule has 0 spiro atoms. The lowest BCUT2D eigenvalue weighted by Gasteiger charge is -2.17. The number of nitrogens with one attached hydrogen (secondary N) is 1. The maximum absolute atomic E-state index is 10.5. The van der Waals surface area contributed by atoms with E-state index in [4.69, 9.17) is 4.42 Å². The number of anilines is 1. The molecule has 5 rings (SSSR count). The van der Waals surface area contributed by atoms with Gasteiger partial charge in [0.1, 0.15) is 11.5 Å². The van der Waals surface area contributed by atoms with Gasteiger partial charge in [0, 0.05) is 36.5 Å². The Kier molecular flexibility index (Phi) is 3.17. The van der Waals surface area contributed by atoms with Crippen molar-refractivity contribution in [1.82, 2.24) is 0 Å². The molecular weight excluding hydrogens is 312 g/mol. The average Bonchev–Trinajstić information content (AvgIpc) is 3.33. The van der Waals surface area contributed by atoms with Gasteiger partial charge in [0.15, 0.2) is 6.20 Å². The summed E-state index contributed by atoms with van der Waals surface area (Å²) >= 11 is 0. The first kappa shape index (κ1) is 14.3. The van der Waals surface area contributed by atoms with Crippen molar-refractivity contribution in [3.8, 4) is 17.1 Å². The first-order valence-electron chi connectivity index (χ1n) is 8.71. The number of benzene rings is 2. The van der Waals surface area contributed by atoms with Crippen LogP contribution < -0.4 is 9.88 Å². The van der Waals surface area contributed by atoms with Crippen LogP contribution in [0.1, 0.15) is 12.8 Å². The molecule has 4 heteroatoms. The highest BCUT2D eigenvalue weighted by atomic mass is 16.3. The van der Waals surface area contributed by atoms with E-state index in [-0.39, 0.29) is 5.75 Å². The third-order valence-electron chi connectivity index (χ3n) is 5.06. The van der Waals surface area contributed by atoms with E-state index in [2.05, 4.69) is 34.1 Å². The molecule has 1 fully saturated rings. The number of fused-ring (bicyclic) bond motifs is 3. The van der Waals surface area contributed by atoms with E-state index in [1.165, 1.54) is 18.5 Å². The molecular formula is C21H19N2O2+. The predicted octanol–water partition coefficient (Wildman–Crippen LogP) is 4.37. The van der Waals surface area contributed by atoms with Crippen LogP contribution in [0, 0.1) is 0 Å². The van der Waals surface area contributed by atoms with Crippen LogP contribution in [-0.4, -0.2) is 18.2 Å². The number of rotatable bonds is 2. The molecule has 0 saturated carbocycles. The molecule has 0 bridgehead atoms. The summed E-state index contributed by atoms with van der Waals surface area (Å²) in [6.45, 7) is 2.26. The van der Waals surface area contributed by atoms with Crippen LogP contribution >= 0.6 is 0 Å². The minimum atomic E-state index is 0.233. The Labute approximate surface area is 145 Å². The summed E-state index contributed by atoms with van der Waals surface area (Å²) in [6.07, 6.45) is 4.41. The van der Waals surface area contributed by atoms with E-state index in [1.807, 2.05) is 24.4 Å². The SMILES string of the molecule is Oc1cc(-c2ccc(N3CCCC3)cc2)oc2c1ccc1cc[nH+]c12. The second-order valence-corrected chi connectivity index (χ2v) is 6.62. The average molecular weight is 331 g/mol. The lowest BCUT2D eigenvalue weighted by Crippen LogP contribution is -2.17. The zero-order valence-electron chi connectivity index (χ0n) is 13.8. The minimum absolute atomic E-state index is 0.233. The molecule has 4 aromatic rings. The van der Waals surface area contributed by atoms with Gasteiger partial charge >= 0.3 is 0 Å². The number of H-pyrrole nitrogens is 1. The summed E-state index contributed by atoms with van der Waals surface area (Å²) in [7, 11) is 0. The van der Waals surface area contributed by atoms with E-state index in [0.717, 1.165) is 29.6 Å². The van der Waals surface area contributed by atoms with Crippen LogP contribution in [0.15, 0.2) is 59.1 Å². The standard InChI is InChI=1S/C21H18N2O2/c24-18-13-19(14-3-6-16(7-4-14)23-11-1-2-12-23)25-21-17(18)8-5-15-9-10-22-20(15)21/h3-10,13,24H,1-2,11-12H2/p+1. The Bertz CT molecular complexity index is 1060. The summed E-state index contributed by atoms with van der Waals surface area (Å²) in [5.74, 6) is 0.899. The zero-order chi connectivity index (χ0) is 16.8. The number of nitrogens with zero attached hydrogens (tertiary/aromatic N) is 1. The van der Waals surface area contributed by atoms with Crippen LogP contribution in [-0.2, 0) is 0 Å². The van der Waals surface area contributed by atoms with Crippen LogP contribution in [0.3, 0.4) is 0 Å². The van der Waals surface area contributed by atoms with Gasteiger partial charge in [0.05, 0.1) is 10.8 Å². The van der Waals surface area contributed by atoms with Crippen molar-refractivity contribution >= 4 is 27.6 Å². The topological polar surface area (TPSA) is 50.8 Å². The van der Waals surface area contributed by atoms with Crippen LogP contribution in [0.25, 0.3) is 33.2 Å². The summed E-state index contributed by atoms with van der Waals surface area (Å²) in [5.41, 5.74) is 3.80. The lowest BCUT2D eigenvalue weighted by molar-refractivity contribution is -0.340. The first-order valence-corrected chi connectivity index (χ1v) is 8.71. The Hall–Kier alpha value is -3.01. The predicted molar refractivity (Wildman–Crippen MR) is 98.8 cm³/mol. The van der Waals surface area contributed by atoms with Crippen molar-refractivity contribution in [3.05, 3.63) is 54.7 Å². The van der Waals surface area contributed by atoms with Gasteiger partial charge in [0.2, 0.25) is 5.58 Å². The normalized spacial score (nSPS) is 14.6.